The Morgan fingerprint density at radius 3 is 2.49 bits per heavy atom. The Morgan fingerprint density at radius 2 is 1.78 bits per heavy atom. The zero-order valence-electron chi connectivity index (χ0n) is 23.9. The molecule has 3 aromatic carbocycles. The molecule has 41 heavy (non-hydrogen) atoms. The first-order chi connectivity index (χ1) is 19.7. The maximum atomic E-state index is 11.1. The minimum Gasteiger partial charge on any atom is -0.492 e. The summed E-state index contributed by atoms with van der Waals surface area (Å²) in [4.78, 5) is 11.1. The van der Waals surface area contributed by atoms with Crippen LogP contribution in [-0.2, 0) is 11.4 Å². The molecular weight excluding hydrogens is 524 g/mol. The molecule has 1 saturated carbocycles. The van der Waals surface area contributed by atoms with Crippen LogP contribution in [0.3, 0.4) is 0 Å². The first kappa shape index (κ1) is 30.4. The number of aryl methyl sites for hydroxylation is 2. The molecule has 2 aliphatic rings. The molecule has 1 aliphatic heterocycles. The number of aliphatic hydroxyl groups excluding tert-OH is 2. The summed E-state index contributed by atoms with van der Waals surface area (Å²) < 4.78 is 17.8. The Morgan fingerprint density at radius 1 is 1.02 bits per heavy atom. The predicted octanol–water partition coefficient (Wildman–Crippen LogP) is 5.15. The maximum Gasteiger partial charge on any atom is 0.304 e. The Balaban J connectivity index is 0.00000189. The van der Waals surface area contributed by atoms with Crippen LogP contribution in [0.2, 0.25) is 0 Å². The van der Waals surface area contributed by atoms with Crippen molar-refractivity contribution in [3.63, 3.8) is 0 Å². The highest BCUT2D eigenvalue weighted by Gasteiger charge is 2.34. The van der Waals surface area contributed by atoms with Crippen molar-refractivity contribution in [1.82, 2.24) is 0 Å². The molecule has 220 valence electrons. The molecule has 0 aromatic heterocycles. The van der Waals surface area contributed by atoms with Crippen molar-refractivity contribution in [3.8, 4) is 28.4 Å². The third kappa shape index (κ3) is 7.58. The molecule has 1 aliphatic carbocycles. The standard InChI is InChI=1S/C32H36O7.CH4O/c1-20-11-27(39-19-32(36)10-4-7-25(33)16-32)12-21(2)31(20)23-6-3-5-22(13-23)17-37-26-8-9-28-24(14-30(34)35)18-38-29(28)15-26;1-2/h3,5-6,8-9,11-13,15,24-25,33,36H,4,7,10,14,16-19H2,1-2H3,(H,34,35);2H,1H3/t24?,25?,32-;/m1./s1. The molecule has 2 unspecified atom stereocenters. The van der Waals surface area contributed by atoms with E-state index < -0.39 is 17.7 Å². The van der Waals surface area contributed by atoms with Crippen molar-refractivity contribution in [1.29, 1.82) is 0 Å². The Labute approximate surface area is 241 Å². The quantitative estimate of drug-likeness (QED) is 0.281. The lowest BCUT2D eigenvalue weighted by Crippen LogP contribution is -2.42. The molecule has 8 nitrogen and oxygen atoms in total. The van der Waals surface area contributed by atoms with Gasteiger partial charge in [-0.2, -0.15) is 0 Å². The second-order valence-corrected chi connectivity index (χ2v) is 11.0. The van der Waals surface area contributed by atoms with E-state index >= 15 is 0 Å². The highest BCUT2D eigenvalue weighted by molar-refractivity contribution is 5.72. The minimum absolute atomic E-state index is 0.0538. The van der Waals surface area contributed by atoms with Crippen LogP contribution in [0, 0.1) is 13.8 Å². The van der Waals surface area contributed by atoms with Gasteiger partial charge in [0.25, 0.3) is 0 Å². The number of carbonyl (C=O) groups is 1. The molecule has 3 aromatic rings. The lowest BCUT2D eigenvalue weighted by atomic mass is 9.84. The van der Waals surface area contributed by atoms with Gasteiger partial charge in [-0.25, -0.2) is 0 Å². The van der Waals surface area contributed by atoms with Crippen LogP contribution in [0.5, 0.6) is 17.2 Å². The SMILES string of the molecule is CO.Cc1cc(OC[C@@]2(O)CCCC(O)C2)cc(C)c1-c1cccc(COc2ccc3c(c2)OCC3CC(=O)O)c1. The zero-order valence-corrected chi connectivity index (χ0v) is 23.9. The highest BCUT2D eigenvalue weighted by Crippen LogP contribution is 2.39. The van der Waals surface area contributed by atoms with E-state index in [1.54, 1.807) is 0 Å². The first-order valence-electron chi connectivity index (χ1n) is 14.0. The molecule has 1 heterocycles. The number of hydrogen-bond acceptors (Lipinski definition) is 7. The molecule has 1 fully saturated rings. The largest absolute Gasteiger partial charge is 0.492 e. The lowest BCUT2D eigenvalue weighted by Gasteiger charge is -2.34. The molecule has 3 atom stereocenters. The van der Waals surface area contributed by atoms with Crippen LogP contribution < -0.4 is 14.2 Å². The maximum absolute atomic E-state index is 11.1. The van der Waals surface area contributed by atoms with Gasteiger partial charge in [0.15, 0.2) is 0 Å². The van der Waals surface area contributed by atoms with Crippen LogP contribution in [0.4, 0.5) is 0 Å². The Hall–Kier alpha value is -3.59. The van der Waals surface area contributed by atoms with Crippen molar-refractivity contribution >= 4 is 5.97 Å². The second kappa shape index (κ2) is 13.4. The second-order valence-electron chi connectivity index (χ2n) is 11.0. The summed E-state index contributed by atoms with van der Waals surface area (Å²) in [6.45, 7) is 5.04. The number of carboxylic acids is 1. The fourth-order valence-corrected chi connectivity index (χ4v) is 5.83. The Kier molecular flexibility index (Phi) is 9.91. The predicted molar refractivity (Wildman–Crippen MR) is 156 cm³/mol. The molecule has 0 saturated heterocycles. The third-order valence-electron chi connectivity index (χ3n) is 7.72. The van der Waals surface area contributed by atoms with E-state index in [0.717, 1.165) is 53.3 Å². The summed E-state index contributed by atoms with van der Waals surface area (Å²) in [5, 5.41) is 36.8. The molecular formula is C33H40O8. The monoisotopic (exact) mass is 564 g/mol. The zero-order chi connectivity index (χ0) is 29.6. The third-order valence-corrected chi connectivity index (χ3v) is 7.72. The van der Waals surface area contributed by atoms with E-state index in [1.807, 2.05) is 42.5 Å². The fraction of sp³-hybridized carbons (Fsp3) is 0.424. The fourth-order valence-electron chi connectivity index (χ4n) is 5.83. The van der Waals surface area contributed by atoms with Crippen LogP contribution in [0.25, 0.3) is 11.1 Å². The number of ether oxygens (including phenoxy) is 3. The van der Waals surface area contributed by atoms with Crippen LogP contribution in [0.1, 0.15) is 60.3 Å². The molecule has 5 rings (SSSR count). The summed E-state index contributed by atoms with van der Waals surface area (Å²) in [7, 11) is 1.00. The summed E-state index contributed by atoms with van der Waals surface area (Å²) in [5.74, 6) is 1.12. The van der Waals surface area contributed by atoms with Gasteiger partial charge in [0.05, 0.1) is 19.1 Å². The van der Waals surface area contributed by atoms with E-state index in [0.29, 0.717) is 43.3 Å². The van der Waals surface area contributed by atoms with Crippen molar-refractivity contribution in [2.75, 3.05) is 20.3 Å². The van der Waals surface area contributed by atoms with Gasteiger partial charge in [0, 0.05) is 31.1 Å². The lowest BCUT2D eigenvalue weighted by molar-refractivity contribution is -0.137. The van der Waals surface area contributed by atoms with Gasteiger partial charge in [-0.05, 0) is 85.2 Å². The van der Waals surface area contributed by atoms with E-state index in [1.165, 1.54) is 0 Å². The Bertz CT molecular complexity index is 1330. The number of rotatable bonds is 9. The van der Waals surface area contributed by atoms with Gasteiger partial charge in [-0.1, -0.05) is 24.3 Å². The van der Waals surface area contributed by atoms with E-state index in [2.05, 4.69) is 26.0 Å². The van der Waals surface area contributed by atoms with Crippen molar-refractivity contribution in [3.05, 3.63) is 76.9 Å². The molecule has 0 radical (unpaired) electrons. The molecule has 8 heteroatoms. The summed E-state index contributed by atoms with van der Waals surface area (Å²) in [6, 6.07) is 17.8. The van der Waals surface area contributed by atoms with Crippen molar-refractivity contribution < 1.29 is 39.4 Å². The molecule has 4 N–H and O–H groups in total. The summed E-state index contributed by atoms with van der Waals surface area (Å²) in [5.41, 5.74) is 5.31. The summed E-state index contributed by atoms with van der Waals surface area (Å²) >= 11 is 0. The van der Waals surface area contributed by atoms with Crippen LogP contribution in [0.15, 0.2) is 54.6 Å². The number of carboxylic acid groups (broad SMARTS) is 1. The van der Waals surface area contributed by atoms with Crippen molar-refractivity contribution in [2.45, 2.75) is 70.2 Å². The molecule has 0 spiro atoms. The topological polar surface area (TPSA) is 126 Å². The van der Waals surface area contributed by atoms with Crippen molar-refractivity contribution in [2.24, 2.45) is 0 Å². The van der Waals surface area contributed by atoms with Gasteiger partial charge in [0.2, 0.25) is 0 Å². The number of benzene rings is 3. The number of aliphatic hydroxyl groups is 3. The first-order valence-corrected chi connectivity index (χ1v) is 14.0. The summed E-state index contributed by atoms with van der Waals surface area (Å²) in [6.07, 6.45) is 2.10. The van der Waals surface area contributed by atoms with Gasteiger partial charge in [-0.15, -0.1) is 0 Å². The normalized spacial score (nSPS) is 21.2. The highest BCUT2D eigenvalue weighted by atomic mass is 16.5. The van der Waals surface area contributed by atoms with Gasteiger partial charge >= 0.3 is 5.97 Å². The number of fused-ring (bicyclic) bond motifs is 1. The molecule has 0 bridgehead atoms. The minimum atomic E-state index is -0.988. The number of aliphatic carboxylic acids is 1. The average molecular weight is 565 g/mol. The van der Waals surface area contributed by atoms with Crippen LogP contribution in [-0.4, -0.2) is 58.4 Å². The van der Waals surface area contributed by atoms with E-state index in [4.69, 9.17) is 24.4 Å². The van der Waals surface area contributed by atoms with Gasteiger partial charge < -0.3 is 34.6 Å². The van der Waals surface area contributed by atoms with E-state index in [9.17, 15) is 15.0 Å². The number of hydrogen-bond donors (Lipinski definition) is 4. The van der Waals surface area contributed by atoms with Gasteiger partial charge in [0.1, 0.15) is 36.1 Å². The van der Waals surface area contributed by atoms with E-state index in [-0.39, 0.29) is 18.9 Å². The van der Waals surface area contributed by atoms with Crippen LogP contribution >= 0.6 is 0 Å². The molecule has 0 amide bonds. The smallest absolute Gasteiger partial charge is 0.304 e. The van der Waals surface area contributed by atoms with Gasteiger partial charge in [-0.3, -0.25) is 4.79 Å². The average Bonchev–Trinajstić information content (AvgIpc) is 3.33.